The third-order valence-electron chi connectivity index (χ3n) is 10.0. The van der Waals surface area contributed by atoms with Crippen LogP contribution >= 0.6 is 46.4 Å². The predicted molar refractivity (Wildman–Crippen MR) is 169 cm³/mol. The van der Waals surface area contributed by atoms with Crippen molar-refractivity contribution in [3.8, 4) is 0 Å². The van der Waals surface area contributed by atoms with Gasteiger partial charge in [-0.2, -0.15) is 0 Å². The molecule has 2 amide bonds. The molecule has 6 aliphatic rings. The molecule has 6 aliphatic carbocycles. The van der Waals surface area contributed by atoms with Gasteiger partial charge in [0, 0.05) is 22.2 Å². The molecule has 6 saturated carbocycles. The molecule has 8 rings (SSSR count). The van der Waals surface area contributed by atoms with Crippen LogP contribution in [0.15, 0.2) is 36.4 Å². The molecule has 246 valence electrons. The van der Waals surface area contributed by atoms with Gasteiger partial charge in [-0.15, -0.1) is 0 Å². The average Bonchev–Trinajstić information content (AvgIpc) is 2.88. The number of benzene rings is 2. The summed E-state index contributed by atoms with van der Waals surface area (Å²) in [5.74, 6) is -1.77. The summed E-state index contributed by atoms with van der Waals surface area (Å²) in [7, 11) is 1.41. The monoisotopic (exact) mass is 710 g/mol. The summed E-state index contributed by atoms with van der Waals surface area (Å²) in [5, 5.41) is 16.7. The molecule has 2 atom stereocenters. The normalized spacial score (nSPS) is 28.3. The fourth-order valence-electron chi connectivity index (χ4n) is 7.51. The summed E-state index contributed by atoms with van der Waals surface area (Å²) in [6.45, 7) is 3.64. The van der Waals surface area contributed by atoms with E-state index in [1.165, 1.54) is 7.11 Å². The fourth-order valence-corrected chi connectivity index (χ4v) is 8.10. The first-order chi connectivity index (χ1) is 20.1. The molecule has 10 nitrogen and oxygen atoms in total. The zero-order valence-electron chi connectivity index (χ0n) is 25.8. The number of halogens is 4. The average molecular weight is 712 g/mol. The van der Waals surface area contributed by atoms with Crippen LogP contribution in [0.25, 0.3) is 0 Å². The van der Waals surface area contributed by atoms with Crippen LogP contribution in [-0.4, -0.2) is 58.0 Å². The molecule has 2 aromatic carbocycles. The molecule has 0 aliphatic heterocycles. The Hall–Kier alpha value is -2.00. The Morgan fingerprint density at radius 1 is 0.717 bits per heavy atom. The van der Waals surface area contributed by atoms with Crippen molar-refractivity contribution in [1.29, 1.82) is 0 Å². The Labute approximate surface area is 299 Å². The summed E-state index contributed by atoms with van der Waals surface area (Å²) in [4.78, 5) is 47.2. The zero-order chi connectivity index (χ0) is 31.5. The first kappa shape index (κ1) is 40.2. The molecule has 4 bridgehead atoms. The standard InChI is InChI=1S/C16H17Cl2NO3.C15H15Cl2NO3.Li.2H2O/c1-9(14(21)22-2)15-6-16(7-15,8-15)19-13(20)10-3-4-11(17)12(18)5-10;1-8(13(20)21)14-5-15(6-14,7-14)18-12(19)9-2-3-10(16)11(17)4-9;;;/h3-5,9H,6-8H2,1-2H3,(H,19,20);2-4,8H,5-7H2,1H3,(H,18,19)(H,20,21);;2*1H2/q;;+1;;/p-1/t9-,15?,16?;8-,14?,15?;;;/m00.../s1. The molecule has 15 heteroatoms. The van der Waals surface area contributed by atoms with Crippen LogP contribution in [0.5, 0.6) is 0 Å². The van der Waals surface area contributed by atoms with Crippen LogP contribution in [0.3, 0.4) is 0 Å². The van der Waals surface area contributed by atoms with E-state index >= 15 is 0 Å². The van der Waals surface area contributed by atoms with Gasteiger partial charge in [0.2, 0.25) is 0 Å². The third kappa shape index (κ3) is 7.06. The number of carboxylic acid groups (broad SMARTS) is 1. The number of rotatable bonds is 8. The number of esters is 1. The minimum atomic E-state index is -0.765. The maximum Gasteiger partial charge on any atom is 1.00 e. The minimum absolute atomic E-state index is 0. The number of ether oxygens (including phenoxy) is 1. The number of methoxy groups -OCH3 is 1. The Bertz CT molecular complexity index is 1500. The van der Waals surface area contributed by atoms with Crippen LogP contribution in [-0.2, 0) is 14.3 Å². The Morgan fingerprint density at radius 2 is 1.07 bits per heavy atom. The molecular weight excluding hydrogens is 677 g/mol. The molecule has 0 heterocycles. The van der Waals surface area contributed by atoms with Crippen LogP contribution in [0.1, 0.15) is 73.1 Å². The van der Waals surface area contributed by atoms with Crippen LogP contribution in [0.4, 0.5) is 0 Å². The number of aliphatic carboxylic acids is 1. The Kier molecular flexibility index (Phi) is 12.4. The largest absolute Gasteiger partial charge is 1.00 e. The maximum absolute atomic E-state index is 12.3. The van der Waals surface area contributed by atoms with Gasteiger partial charge in [-0.05, 0) is 85.8 Å². The number of hydrogen-bond donors (Lipinski definition) is 3. The number of amides is 2. The van der Waals surface area contributed by atoms with E-state index in [-0.39, 0.29) is 81.3 Å². The number of hydrogen-bond acceptors (Lipinski definition) is 6. The summed E-state index contributed by atoms with van der Waals surface area (Å²) >= 11 is 23.5. The van der Waals surface area contributed by atoms with Crippen LogP contribution in [0, 0.1) is 22.7 Å². The van der Waals surface area contributed by atoms with Crippen molar-refractivity contribution in [2.45, 2.75) is 63.5 Å². The van der Waals surface area contributed by atoms with Gasteiger partial charge < -0.3 is 31.4 Å². The van der Waals surface area contributed by atoms with Crippen molar-refractivity contribution in [3.05, 3.63) is 67.6 Å². The predicted octanol–water partition coefficient (Wildman–Crippen LogP) is 2.82. The molecule has 6 fully saturated rings. The van der Waals surface area contributed by atoms with Crippen LogP contribution < -0.4 is 29.5 Å². The minimum Gasteiger partial charge on any atom is -0.870 e. The fraction of sp³-hybridized carbons (Fsp3) is 0.484. The molecule has 46 heavy (non-hydrogen) atoms. The van der Waals surface area contributed by atoms with E-state index in [1.54, 1.807) is 43.3 Å². The van der Waals surface area contributed by atoms with Crippen molar-refractivity contribution in [2.75, 3.05) is 7.11 Å². The second-order valence-electron chi connectivity index (χ2n) is 12.8. The molecule has 6 N–H and O–H groups in total. The van der Waals surface area contributed by atoms with Gasteiger partial charge in [0.05, 0.1) is 39.0 Å². The summed E-state index contributed by atoms with van der Waals surface area (Å²) < 4.78 is 4.81. The van der Waals surface area contributed by atoms with Gasteiger partial charge in [0.1, 0.15) is 0 Å². The van der Waals surface area contributed by atoms with Crippen molar-refractivity contribution in [1.82, 2.24) is 10.6 Å². The number of carbonyl (C=O) groups excluding carboxylic acids is 3. The molecule has 0 spiro atoms. The third-order valence-corrected chi connectivity index (χ3v) is 11.5. The Balaban J connectivity index is 0.000000301. The van der Waals surface area contributed by atoms with Crippen molar-refractivity contribution in [3.63, 3.8) is 0 Å². The number of carbonyl (C=O) groups is 4. The van der Waals surface area contributed by atoms with E-state index < -0.39 is 5.97 Å². The van der Waals surface area contributed by atoms with E-state index in [1.807, 2.05) is 6.92 Å². The van der Waals surface area contributed by atoms with Gasteiger partial charge >= 0.3 is 30.8 Å². The van der Waals surface area contributed by atoms with Gasteiger partial charge in [0.25, 0.3) is 11.8 Å². The van der Waals surface area contributed by atoms with E-state index in [4.69, 9.17) is 56.2 Å². The first-order valence-corrected chi connectivity index (χ1v) is 15.4. The summed E-state index contributed by atoms with van der Waals surface area (Å²) in [6, 6.07) is 9.60. The number of carboxylic acids is 1. The van der Waals surface area contributed by atoms with E-state index in [0.717, 1.165) is 38.5 Å². The van der Waals surface area contributed by atoms with E-state index in [9.17, 15) is 19.2 Å². The first-order valence-electron chi connectivity index (χ1n) is 13.9. The van der Waals surface area contributed by atoms with Crippen molar-refractivity contribution in [2.24, 2.45) is 22.7 Å². The van der Waals surface area contributed by atoms with Gasteiger partial charge in [0.15, 0.2) is 0 Å². The molecule has 2 aromatic rings. The maximum atomic E-state index is 12.3. The summed E-state index contributed by atoms with van der Waals surface area (Å²) in [5.41, 5.74) is 0.427. The smallest absolute Gasteiger partial charge is 0.870 e. The SMILES string of the molecule is COC(=O)[C@H](C)C12CC(NC(=O)c3ccc(Cl)c(Cl)c3)(C1)C2.C[C@@H](C(=O)O)C12CC(NC(=O)c3ccc(Cl)c(Cl)c3)(C1)C2.O.[Li+].[OH-]. The Morgan fingerprint density at radius 3 is 1.37 bits per heavy atom. The van der Waals surface area contributed by atoms with E-state index in [0.29, 0.717) is 31.2 Å². The number of nitrogens with one attached hydrogen (secondary N) is 2. The molecule has 0 radical (unpaired) electrons. The van der Waals surface area contributed by atoms with Crippen molar-refractivity contribution >= 4 is 70.2 Å². The molecule has 0 aromatic heterocycles. The quantitative estimate of drug-likeness (QED) is 0.278. The zero-order valence-corrected chi connectivity index (χ0v) is 28.8. The van der Waals surface area contributed by atoms with Crippen LogP contribution in [0.2, 0.25) is 20.1 Å². The molecule has 0 saturated heterocycles. The van der Waals surface area contributed by atoms with Gasteiger partial charge in [-0.1, -0.05) is 60.3 Å². The molecule has 0 unspecified atom stereocenters. The topological polar surface area (TPSA) is 183 Å². The second kappa shape index (κ2) is 14.2. The second-order valence-corrected chi connectivity index (χ2v) is 14.4. The van der Waals surface area contributed by atoms with Gasteiger partial charge in [-0.3, -0.25) is 19.2 Å². The molecular formula is C31H35Cl4LiN2O8. The van der Waals surface area contributed by atoms with Gasteiger partial charge in [-0.25, -0.2) is 0 Å². The van der Waals surface area contributed by atoms with Crippen molar-refractivity contribution < 1.29 is 58.8 Å². The van der Waals surface area contributed by atoms with E-state index in [2.05, 4.69) is 10.6 Å². The summed E-state index contributed by atoms with van der Waals surface area (Å²) in [6.07, 6.45) is 4.68.